The number of hydrogen-bond acceptors (Lipinski definition) is 5. The lowest BCUT2D eigenvalue weighted by molar-refractivity contribution is -0.191. The predicted octanol–water partition coefficient (Wildman–Crippen LogP) is 2.52. The van der Waals surface area contributed by atoms with Crippen molar-refractivity contribution in [1.29, 1.82) is 0 Å². The van der Waals surface area contributed by atoms with Gasteiger partial charge in [0.15, 0.2) is 5.79 Å². The zero-order chi connectivity index (χ0) is 18.2. The number of carbonyl (C=O) groups is 1. The zero-order valence-corrected chi connectivity index (χ0v) is 15.4. The van der Waals surface area contributed by atoms with E-state index in [2.05, 4.69) is 12.2 Å². The van der Waals surface area contributed by atoms with Gasteiger partial charge >= 0.3 is 0 Å². The maximum atomic E-state index is 11.9. The highest BCUT2D eigenvalue weighted by atomic mass is 16.7. The lowest BCUT2D eigenvalue weighted by Gasteiger charge is -2.34. The number of benzene rings is 1. The predicted molar refractivity (Wildman–Crippen MR) is 97.0 cm³/mol. The van der Waals surface area contributed by atoms with Crippen LogP contribution in [0.3, 0.4) is 0 Å². The van der Waals surface area contributed by atoms with Gasteiger partial charge in [0.2, 0.25) is 5.91 Å². The highest BCUT2D eigenvalue weighted by molar-refractivity contribution is 5.77. The minimum absolute atomic E-state index is 0.0222. The Hall–Kier alpha value is -1.63. The molecule has 0 bridgehead atoms. The second kappa shape index (κ2) is 9.35. The molecule has 26 heavy (non-hydrogen) atoms. The number of para-hydroxylation sites is 1. The lowest BCUT2D eigenvalue weighted by Crippen LogP contribution is -2.39. The van der Waals surface area contributed by atoms with Crippen molar-refractivity contribution in [2.24, 2.45) is 5.92 Å². The molecule has 6 nitrogen and oxygen atoms in total. The van der Waals surface area contributed by atoms with E-state index in [0.29, 0.717) is 26.4 Å². The first-order valence-corrected chi connectivity index (χ1v) is 9.49. The Balaban J connectivity index is 1.24. The van der Waals surface area contributed by atoms with Crippen LogP contribution in [0.15, 0.2) is 30.3 Å². The first kappa shape index (κ1) is 19.1. The van der Waals surface area contributed by atoms with Crippen molar-refractivity contribution < 1.29 is 23.7 Å². The quantitative estimate of drug-likeness (QED) is 0.719. The van der Waals surface area contributed by atoms with E-state index in [1.54, 1.807) is 0 Å². The van der Waals surface area contributed by atoms with Crippen LogP contribution in [0.25, 0.3) is 0 Å². The van der Waals surface area contributed by atoms with E-state index in [1.807, 2.05) is 30.3 Å². The molecule has 1 aromatic carbocycles. The molecule has 1 aliphatic carbocycles. The van der Waals surface area contributed by atoms with Crippen LogP contribution in [0.5, 0.6) is 5.75 Å². The summed E-state index contributed by atoms with van der Waals surface area (Å²) in [5.41, 5.74) is 0. The second-order valence-corrected chi connectivity index (χ2v) is 7.16. The van der Waals surface area contributed by atoms with Gasteiger partial charge in [-0.25, -0.2) is 0 Å². The number of hydrogen-bond donors (Lipinski definition) is 1. The number of carbonyl (C=O) groups excluding carboxylic acids is 1. The monoisotopic (exact) mass is 363 g/mol. The Morgan fingerprint density at radius 1 is 1.23 bits per heavy atom. The van der Waals surface area contributed by atoms with E-state index >= 15 is 0 Å². The smallest absolute Gasteiger partial charge is 0.246 e. The van der Waals surface area contributed by atoms with Gasteiger partial charge in [0.05, 0.1) is 13.2 Å². The molecule has 144 valence electrons. The molecule has 0 radical (unpaired) electrons. The summed E-state index contributed by atoms with van der Waals surface area (Å²) in [4.78, 5) is 11.9. The Morgan fingerprint density at radius 2 is 2.00 bits per heavy atom. The summed E-state index contributed by atoms with van der Waals surface area (Å²) < 4.78 is 22.8. The van der Waals surface area contributed by atoms with Gasteiger partial charge in [-0.3, -0.25) is 4.79 Å². The Labute approximate surface area is 155 Å². The summed E-state index contributed by atoms with van der Waals surface area (Å²) in [5.74, 6) is 0.985. The van der Waals surface area contributed by atoms with Gasteiger partial charge in [0.1, 0.15) is 25.1 Å². The zero-order valence-electron chi connectivity index (χ0n) is 15.4. The molecule has 1 aliphatic heterocycles. The molecule has 3 rings (SSSR count). The van der Waals surface area contributed by atoms with Crippen molar-refractivity contribution >= 4 is 5.91 Å². The molecule has 1 saturated heterocycles. The molecular formula is C20H29NO5. The molecule has 1 aromatic rings. The third kappa shape index (κ3) is 5.69. The van der Waals surface area contributed by atoms with E-state index in [0.717, 1.165) is 37.4 Å². The minimum atomic E-state index is -0.410. The van der Waals surface area contributed by atoms with Crippen molar-refractivity contribution in [3.05, 3.63) is 30.3 Å². The molecular weight excluding hydrogens is 334 g/mol. The van der Waals surface area contributed by atoms with Crippen LogP contribution < -0.4 is 10.1 Å². The van der Waals surface area contributed by atoms with E-state index in [-0.39, 0.29) is 18.6 Å². The Kier molecular flexibility index (Phi) is 6.88. The van der Waals surface area contributed by atoms with E-state index in [4.69, 9.17) is 18.9 Å². The molecule has 1 spiro atoms. The van der Waals surface area contributed by atoms with Gasteiger partial charge in [-0.15, -0.1) is 0 Å². The molecule has 1 N–H and O–H groups in total. The average molecular weight is 363 g/mol. The number of amides is 1. The molecule has 0 unspecified atom stereocenters. The molecule has 0 aromatic heterocycles. The summed E-state index contributed by atoms with van der Waals surface area (Å²) in [5, 5.41) is 2.85. The van der Waals surface area contributed by atoms with E-state index in [1.165, 1.54) is 0 Å². The summed E-state index contributed by atoms with van der Waals surface area (Å²) in [6, 6.07) is 9.53. The molecule has 1 amide bonds. The lowest BCUT2D eigenvalue weighted by atomic mass is 9.86. The van der Waals surface area contributed by atoms with Gasteiger partial charge in [0.25, 0.3) is 0 Å². The molecule has 2 aliphatic rings. The molecule has 2 fully saturated rings. The van der Waals surface area contributed by atoms with Crippen molar-refractivity contribution in [1.82, 2.24) is 5.32 Å². The topological polar surface area (TPSA) is 66.0 Å². The summed E-state index contributed by atoms with van der Waals surface area (Å²) in [6.45, 7) is 4.07. The van der Waals surface area contributed by atoms with Crippen LogP contribution >= 0.6 is 0 Å². The van der Waals surface area contributed by atoms with Gasteiger partial charge < -0.3 is 24.3 Å². The van der Waals surface area contributed by atoms with Crippen LogP contribution in [0.2, 0.25) is 0 Å². The number of rotatable bonds is 8. The second-order valence-electron chi connectivity index (χ2n) is 7.16. The Morgan fingerprint density at radius 3 is 2.77 bits per heavy atom. The molecule has 6 heteroatoms. The minimum Gasteiger partial charge on any atom is -0.491 e. The fourth-order valence-corrected chi connectivity index (χ4v) is 3.36. The molecule has 1 atom stereocenters. The van der Waals surface area contributed by atoms with Gasteiger partial charge in [-0.05, 0) is 30.9 Å². The normalized spacial score (nSPS) is 28.2. The van der Waals surface area contributed by atoms with Crippen molar-refractivity contribution in [2.45, 2.75) is 44.5 Å². The van der Waals surface area contributed by atoms with Gasteiger partial charge in [-0.2, -0.15) is 0 Å². The summed E-state index contributed by atoms with van der Waals surface area (Å²) in [6.07, 6.45) is 4.09. The molecule has 1 saturated carbocycles. The standard InChI is InChI=1S/C20H29NO5/c1-16-7-9-20(10-8-16)25-14-18(26-20)13-21-19(22)15-23-11-12-24-17-5-3-2-4-6-17/h2-6,16,18H,7-15H2,1H3,(H,21,22)/t16?,18-,20?/m1/s1. The van der Waals surface area contributed by atoms with Crippen LogP contribution in [0.1, 0.15) is 32.6 Å². The van der Waals surface area contributed by atoms with Crippen LogP contribution in [0.4, 0.5) is 0 Å². The third-order valence-corrected chi connectivity index (χ3v) is 4.95. The van der Waals surface area contributed by atoms with E-state index < -0.39 is 5.79 Å². The van der Waals surface area contributed by atoms with Crippen LogP contribution in [-0.4, -0.2) is 50.8 Å². The van der Waals surface area contributed by atoms with Crippen LogP contribution in [0, 0.1) is 5.92 Å². The fourth-order valence-electron chi connectivity index (χ4n) is 3.36. The molecule has 1 heterocycles. The van der Waals surface area contributed by atoms with Gasteiger partial charge in [0, 0.05) is 19.4 Å². The largest absolute Gasteiger partial charge is 0.491 e. The van der Waals surface area contributed by atoms with Crippen molar-refractivity contribution in [3.8, 4) is 5.75 Å². The number of nitrogens with one attached hydrogen (secondary N) is 1. The fraction of sp³-hybridized carbons (Fsp3) is 0.650. The highest BCUT2D eigenvalue weighted by Gasteiger charge is 2.43. The van der Waals surface area contributed by atoms with E-state index in [9.17, 15) is 4.79 Å². The highest BCUT2D eigenvalue weighted by Crippen LogP contribution is 2.39. The van der Waals surface area contributed by atoms with Gasteiger partial charge in [-0.1, -0.05) is 25.1 Å². The van der Waals surface area contributed by atoms with Crippen LogP contribution in [-0.2, 0) is 19.0 Å². The maximum absolute atomic E-state index is 11.9. The Bertz CT molecular complexity index is 557. The van der Waals surface area contributed by atoms with Crippen molar-refractivity contribution in [3.63, 3.8) is 0 Å². The third-order valence-electron chi connectivity index (χ3n) is 4.95. The first-order valence-electron chi connectivity index (χ1n) is 9.49. The summed E-state index contributed by atoms with van der Waals surface area (Å²) >= 11 is 0. The average Bonchev–Trinajstić information content (AvgIpc) is 3.06. The van der Waals surface area contributed by atoms with Crippen molar-refractivity contribution in [2.75, 3.05) is 33.0 Å². The summed E-state index contributed by atoms with van der Waals surface area (Å²) in [7, 11) is 0. The first-order chi connectivity index (χ1) is 12.7. The SMILES string of the molecule is CC1CCC2(CC1)OC[C@@H](CNC(=O)COCCOc1ccccc1)O2. The number of ether oxygens (including phenoxy) is 4. The maximum Gasteiger partial charge on any atom is 0.246 e.